The molecule has 1 aromatic heterocycles. The van der Waals surface area contributed by atoms with Gasteiger partial charge in [0.15, 0.2) is 5.82 Å². The van der Waals surface area contributed by atoms with Gasteiger partial charge < -0.3 is 14.5 Å². The van der Waals surface area contributed by atoms with E-state index in [2.05, 4.69) is 4.90 Å². The van der Waals surface area contributed by atoms with Crippen LogP contribution in [0.4, 0.5) is 10.6 Å². The van der Waals surface area contributed by atoms with Gasteiger partial charge in [0.05, 0.1) is 16.6 Å². The quantitative estimate of drug-likeness (QED) is 0.630. The normalized spacial score (nSPS) is 14.5. The summed E-state index contributed by atoms with van der Waals surface area (Å²) in [6, 6.07) is 15.6. The van der Waals surface area contributed by atoms with Crippen molar-refractivity contribution in [3.05, 3.63) is 53.6 Å². The van der Waals surface area contributed by atoms with Crippen LogP contribution in [0.2, 0.25) is 5.02 Å². The number of para-hydroxylation sites is 1. The molecule has 1 fully saturated rings. The number of fused-ring (bicyclic) bond motifs is 1. The Balaban J connectivity index is 1.65. The summed E-state index contributed by atoms with van der Waals surface area (Å²) in [5, 5.41) is 1.61. The molecular formula is C22H23ClN4O2. The van der Waals surface area contributed by atoms with Crippen molar-refractivity contribution in [2.75, 3.05) is 31.1 Å². The molecule has 1 saturated heterocycles. The molecule has 3 aromatic rings. The number of nitrogens with zero attached hydrogens (tertiary/aromatic N) is 4. The predicted molar refractivity (Wildman–Crippen MR) is 115 cm³/mol. The highest BCUT2D eigenvalue weighted by atomic mass is 35.5. The van der Waals surface area contributed by atoms with Crippen molar-refractivity contribution in [2.24, 2.45) is 0 Å². The summed E-state index contributed by atoms with van der Waals surface area (Å²) in [4.78, 5) is 25.7. The van der Waals surface area contributed by atoms with Crippen LogP contribution in [-0.2, 0) is 4.74 Å². The molecule has 0 bridgehead atoms. The molecule has 0 aliphatic carbocycles. The predicted octanol–water partition coefficient (Wildman–Crippen LogP) is 4.62. The molecule has 1 amide bonds. The fourth-order valence-corrected chi connectivity index (χ4v) is 3.66. The minimum atomic E-state index is -0.260. The van der Waals surface area contributed by atoms with Gasteiger partial charge in [-0.2, -0.15) is 0 Å². The molecule has 0 radical (unpaired) electrons. The van der Waals surface area contributed by atoms with E-state index in [9.17, 15) is 4.79 Å². The summed E-state index contributed by atoms with van der Waals surface area (Å²) in [6.45, 7) is 6.25. The molecule has 4 rings (SSSR count). The van der Waals surface area contributed by atoms with Gasteiger partial charge in [0.25, 0.3) is 0 Å². The summed E-state index contributed by atoms with van der Waals surface area (Å²) in [6.07, 6.45) is -0.381. The Hall–Kier alpha value is -2.86. The highest BCUT2D eigenvalue weighted by molar-refractivity contribution is 6.33. The van der Waals surface area contributed by atoms with Gasteiger partial charge in [-0.05, 0) is 38.1 Å². The lowest BCUT2D eigenvalue weighted by atomic mass is 10.1. The fraction of sp³-hybridized carbons (Fsp3) is 0.318. The summed E-state index contributed by atoms with van der Waals surface area (Å²) in [5.41, 5.74) is 1.68. The van der Waals surface area contributed by atoms with Crippen LogP contribution < -0.4 is 4.90 Å². The minimum Gasteiger partial charge on any atom is -0.447 e. The molecule has 0 atom stereocenters. The van der Waals surface area contributed by atoms with Crippen molar-refractivity contribution in [2.45, 2.75) is 20.0 Å². The first kappa shape index (κ1) is 19.5. The van der Waals surface area contributed by atoms with Crippen LogP contribution in [0.15, 0.2) is 48.5 Å². The van der Waals surface area contributed by atoms with Gasteiger partial charge in [0.1, 0.15) is 5.82 Å². The van der Waals surface area contributed by atoms with Crippen LogP contribution in [-0.4, -0.2) is 53.2 Å². The number of amides is 1. The van der Waals surface area contributed by atoms with Gasteiger partial charge in [0, 0.05) is 37.1 Å². The molecule has 1 aliphatic rings. The zero-order valence-electron chi connectivity index (χ0n) is 16.5. The lowest BCUT2D eigenvalue weighted by Gasteiger charge is -2.35. The SMILES string of the molecule is CC(C)OC(=O)N1CCN(c2nc(-c3ccccc3Cl)nc3ccccc23)CC1. The molecule has 7 heteroatoms. The number of carbonyl (C=O) groups excluding carboxylic acids is 1. The van der Waals surface area contributed by atoms with Crippen molar-refractivity contribution in [1.82, 2.24) is 14.9 Å². The van der Waals surface area contributed by atoms with Crippen molar-refractivity contribution >= 4 is 34.4 Å². The Morgan fingerprint density at radius 3 is 2.41 bits per heavy atom. The van der Waals surface area contributed by atoms with Crippen molar-refractivity contribution in [1.29, 1.82) is 0 Å². The van der Waals surface area contributed by atoms with E-state index >= 15 is 0 Å². The van der Waals surface area contributed by atoms with E-state index in [-0.39, 0.29) is 12.2 Å². The van der Waals surface area contributed by atoms with Crippen LogP contribution in [0.5, 0.6) is 0 Å². The van der Waals surface area contributed by atoms with E-state index < -0.39 is 0 Å². The molecule has 29 heavy (non-hydrogen) atoms. The number of rotatable bonds is 3. The molecule has 2 heterocycles. The fourth-order valence-electron chi connectivity index (χ4n) is 3.44. The first-order valence-electron chi connectivity index (χ1n) is 9.75. The van der Waals surface area contributed by atoms with Gasteiger partial charge >= 0.3 is 6.09 Å². The maximum Gasteiger partial charge on any atom is 0.410 e. The topological polar surface area (TPSA) is 58.6 Å². The molecule has 0 saturated carbocycles. The highest BCUT2D eigenvalue weighted by Crippen LogP contribution is 2.31. The van der Waals surface area contributed by atoms with Crippen molar-refractivity contribution < 1.29 is 9.53 Å². The summed E-state index contributed by atoms with van der Waals surface area (Å²) in [5.74, 6) is 1.47. The number of hydrogen-bond acceptors (Lipinski definition) is 5. The Morgan fingerprint density at radius 2 is 1.69 bits per heavy atom. The lowest BCUT2D eigenvalue weighted by molar-refractivity contribution is 0.0751. The average molecular weight is 411 g/mol. The number of ether oxygens (including phenoxy) is 1. The molecular weight excluding hydrogens is 388 g/mol. The third-order valence-corrected chi connectivity index (χ3v) is 5.20. The molecule has 0 N–H and O–H groups in total. The Kier molecular flexibility index (Phi) is 5.53. The van der Waals surface area contributed by atoms with E-state index in [4.69, 9.17) is 26.3 Å². The molecule has 2 aromatic carbocycles. The van der Waals surface area contributed by atoms with E-state index in [1.165, 1.54) is 0 Å². The van der Waals surface area contributed by atoms with Gasteiger partial charge in [-0.3, -0.25) is 0 Å². The summed E-state index contributed by atoms with van der Waals surface area (Å²) in [7, 11) is 0. The Morgan fingerprint density at radius 1 is 1.00 bits per heavy atom. The van der Waals surface area contributed by atoms with Crippen molar-refractivity contribution in [3.8, 4) is 11.4 Å². The summed E-state index contributed by atoms with van der Waals surface area (Å²) < 4.78 is 5.32. The number of halogens is 1. The van der Waals surface area contributed by atoms with Crippen molar-refractivity contribution in [3.63, 3.8) is 0 Å². The van der Waals surface area contributed by atoms with E-state index in [0.717, 1.165) is 22.3 Å². The van der Waals surface area contributed by atoms with E-state index in [1.54, 1.807) is 4.90 Å². The van der Waals surface area contributed by atoms with Gasteiger partial charge in [-0.15, -0.1) is 0 Å². The number of anilines is 1. The minimum absolute atomic E-state index is 0.121. The third kappa shape index (κ3) is 4.12. The van der Waals surface area contributed by atoms with Gasteiger partial charge in [-0.25, -0.2) is 14.8 Å². The van der Waals surface area contributed by atoms with Crippen LogP contribution in [0, 0.1) is 0 Å². The smallest absolute Gasteiger partial charge is 0.410 e. The highest BCUT2D eigenvalue weighted by Gasteiger charge is 2.25. The average Bonchev–Trinajstić information content (AvgIpc) is 2.73. The monoisotopic (exact) mass is 410 g/mol. The van der Waals surface area contributed by atoms with Gasteiger partial charge in [0.2, 0.25) is 0 Å². The molecule has 0 unspecified atom stereocenters. The Labute approximate surface area is 175 Å². The number of benzene rings is 2. The van der Waals surface area contributed by atoms with Gasteiger partial charge in [-0.1, -0.05) is 35.9 Å². The van der Waals surface area contributed by atoms with Crippen LogP contribution >= 0.6 is 11.6 Å². The standard InChI is InChI=1S/C22H23ClN4O2/c1-15(2)29-22(28)27-13-11-26(12-14-27)21-17-8-4-6-10-19(17)24-20(25-21)16-7-3-5-9-18(16)23/h3-10,15H,11-14H2,1-2H3. The maximum atomic E-state index is 12.2. The molecule has 0 spiro atoms. The number of hydrogen-bond donors (Lipinski definition) is 0. The number of aromatic nitrogens is 2. The summed E-state index contributed by atoms with van der Waals surface area (Å²) >= 11 is 6.39. The molecule has 1 aliphatic heterocycles. The first-order chi connectivity index (χ1) is 14.0. The second kappa shape index (κ2) is 8.25. The number of carbonyl (C=O) groups is 1. The second-order valence-corrected chi connectivity index (χ2v) is 7.68. The van der Waals surface area contributed by atoms with E-state index in [1.807, 2.05) is 62.4 Å². The molecule has 6 nitrogen and oxygen atoms in total. The number of piperazine rings is 1. The zero-order valence-corrected chi connectivity index (χ0v) is 17.3. The van der Waals surface area contributed by atoms with Crippen LogP contribution in [0.1, 0.15) is 13.8 Å². The zero-order chi connectivity index (χ0) is 20.4. The first-order valence-corrected chi connectivity index (χ1v) is 10.1. The maximum absolute atomic E-state index is 12.2. The largest absolute Gasteiger partial charge is 0.447 e. The Bertz CT molecular complexity index is 1030. The van der Waals surface area contributed by atoms with Crippen LogP contribution in [0.3, 0.4) is 0 Å². The van der Waals surface area contributed by atoms with E-state index in [0.29, 0.717) is 37.0 Å². The third-order valence-electron chi connectivity index (χ3n) is 4.87. The van der Waals surface area contributed by atoms with Crippen LogP contribution in [0.25, 0.3) is 22.3 Å². The lowest BCUT2D eigenvalue weighted by Crippen LogP contribution is -2.49. The molecule has 150 valence electrons. The second-order valence-electron chi connectivity index (χ2n) is 7.27.